The molecular weight excluding hydrogens is 610 g/mol. The second kappa shape index (κ2) is 12.5. The number of halogens is 1. The number of aliphatic hydroxyl groups excluding tert-OH is 1. The second-order valence-electron chi connectivity index (χ2n) is 14.1. The number of rotatable bonds is 9. The minimum atomic E-state index is -0.902. The van der Waals surface area contributed by atoms with Crippen LogP contribution in [0.15, 0.2) is 48.8 Å². The van der Waals surface area contributed by atoms with Gasteiger partial charge in [-0.2, -0.15) is 0 Å². The van der Waals surface area contributed by atoms with Gasteiger partial charge in [0.1, 0.15) is 11.7 Å². The van der Waals surface area contributed by atoms with Crippen molar-refractivity contribution in [3.63, 3.8) is 0 Å². The van der Waals surface area contributed by atoms with Crippen LogP contribution in [0.25, 0.3) is 22.3 Å². The molecule has 10 heteroatoms. The summed E-state index contributed by atoms with van der Waals surface area (Å²) in [6, 6.07) is 14.9. The lowest BCUT2D eigenvalue weighted by molar-refractivity contribution is -0.123. The summed E-state index contributed by atoms with van der Waals surface area (Å²) in [7, 11) is 1.69. The first kappa shape index (κ1) is 32.1. The number of nitrogens with zero attached hydrogens (tertiary/aromatic N) is 5. The van der Waals surface area contributed by atoms with Crippen molar-refractivity contribution in [2.75, 3.05) is 30.4 Å². The number of piperidine rings is 1. The Morgan fingerprint density at radius 2 is 1.83 bits per heavy atom. The van der Waals surface area contributed by atoms with Crippen molar-refractivity contribution in [1.82, 2.24) is 24.8 Å². The van der Waals surface area contributed by atoms with Gasteiger partial charge < -0.3 is 24.8 Å². The highest BCUT2D eigenvalue weighted by Crippen LogP contribution is 2.48. The van der Waals surface area contributed by atoms with E-state index < -0.39 is 11.6 Å². The number of carbonyl (C=O) groups is 1. The molecule has 2 aromatic carbocycles. The van der Waals surface area contributed by atoms with Crippen LogP contribution in [-0.4, -0.2) is 62.7 Å². The van der Waals surface area contributed by atoms with Crippen LogP contribution in [0, 0.1) is 0 Å². The zero-order valence-corrected chi connectivity index (χ0v) is 28.8. The number of hydrogen-bond donors (Lipinski definition) is 3. The number of pyridine rings is 1. The molecule has 1 saturated heterocycles. The fourth-order valence-electron chi connectivity index (χ4n) is 7.61. The van der Waals surface area contributed by atoms with Gasteiger partial charge in [-0.3, -0.25) is 10.1 Å². The van der Waals surface area contributed by atoms with Gasteiger partial charge in [-0.25, -0.2) is 9.97 Å². The third-order valence-electron chi connectivity index (χ3n) is 10.8. The summed E-state index contributed by atoms with van der Waals surface area (Å²) >= 11 is 6.43. The van der Waals surface area contributed by atoms with Crippen molar-refractivity contribution in [1.29, 1.82) is 0 Å². The Labute approximate surface area is 282 Å². The smallest absolute Gasteiger partial charge is 0.237 e. The van der Waals surface area contributed by atoms with Crippen LogP contribution in [0.5, 0.6) is 0 Å². The first-order chi connectivity index (χ1) is 22.6. The molecule has 248 valence electrons. The van der Waals surface area contributed by atoms with Crippen LogP contribution in [0.3, 0.4) is 0 Å². The first-order valence-corrected chi connectivity index (χ1v) is 17.5. The molecule has 0 bridgehead atoms. The zero-order valence-electron chi connectivity index (χ0n) is 28.1. The Balaban J connectivity index is 1.27. The van der Waals surface area contributed by atoms with E-state index in [1.807, 2.05) is 38.4 Å². The number of aliphatic hydroxyl groups is 1. The zero-order chi connectivity index (χ0) is 33.0. The van der Waals surface area contributed by atoms with Crippen molar-refractivity contribution in [3.05, 3.63) is 64.9 Å². The van der Waals surface area contributed by atoms with Crippen LogP contribution in [0.1, 0.15) is 89.6 Å². The SMILES string of the molecule is CC[C@H](C)n1cnc2cc(-c3ccc4c(c3)N(C3CC(N5CCCCC5)C3)C(=O)C4(C)C)nc(Nc3ccc(Cl)c(C(O)NC)c3)c21. The quantitative estimate of drug-likeness (QED) is 0.163. The largest absolute Gasteiger partial charge is 0.374 e. The number of benzene rings is 2. The lowest BCUT2D eigenvalue weighted by Crippen LogP contribution is -2.57. The van der Waals surface area contributed by atoms with Gasteiger partial charge in [0.15, 0.2) is 5.82 Å². The summed E-state index contributed by atoms with van der Waals surface area (Å²) < 4.78 is 2.16. The predicted octanol–water partition coefficient (Wildman–Crippen LogP) is 7.32. The van der Waals surface area contributed by atoms with Gasteiger partial charge in [-0.15, -0.1) is 0 Å². The molecule has 7 rings (SSSR count). The highest BCUT2D eigenvalue weighted by molar-refractivity contribution is 6.31. The molecule has 0 radical (unpaired) electrons. The summed E-state index contributed by atoms with van der Waals surface area (Å²) in [6.45, 7) is 10.8. The number of carbonyl (C=O) groups excluding carboxylic acids is 1. The monoisotopic (exact) mass is 655 g/mol. The maximum Gasteiger partial charge on any atom is 0.237 e. The van der Waals surface area contributed by atoms with Crippen molar-refractivity contribution in [2.45, 2.75) is 96.0 Å². The molecular formula is C37H46ClN7O2. The van der Waals surface area contributed by atoms with Crippen LogP contribution in [0.4, 0.5) is 17.2 Å². The first-order valence-electron chi connectivity index (χ1n) is 17.1. The number of fused-ring (bicyclic) bond motifs is 2. The van der Waals surface area contributed by atoms with Crippen LogP contribution < -0.4 is 15.5 Å². The maximum atomic E-state index is 13.9. The van der Waals surface area contributed by atoms with E-state index in [9.17, 15) is 9.90 Å². The summed E-state index contributed by atoms with van der Waals surface area (Å²) in [5.74, 6) is 0.853. The standard InChI is InChI=1S/C37H46ClN7O2/c1-6-22(2)44-21-40-31-20-30(42-34(33(31)44)41-24-11-13-29(38)27(17-24)35(46)39-5)23-10-12-28-32(16-23)45(36(47)37(28,3)4)26-18-25(19-26)43-14-8-7-9-15-43/h10-13,16-17,20-22,25-26,35,39,46H,6-9,14-15,18-19H2,1-5H3,(H,41,42)/t22-,25?,26?,35?/m0/s1. The van der Waals surface area contributed by atoms with Crippen LogP contribution in [0.2, 0.25) is 5.02 Å². The van der Waals surface area contributed by atoms with Gasteiger partial charge in [0.25, 0.3) is 0 Å². The number of nitrogens with one attached hydrogen (secondary N) is 2. The highest BCUT2D eigenvalue weighted by Gasteiger charge is 2.50. The van der Waals surface area contributed by atoms with Crippen LogP contribution in [-0.2, 0) is 10.2 Å². The Hall–Kier alpha value is -3.50. The van der Waals surface area contributed by atoms with E-state index in [4.69, 9.17) is 21.6 Å². The third-order valence-corrected chi connectivity index (χ3v) is 11.1. The number of likely N-dealkylation sites (tertiary alicyclic amines) is 1. The lowest BCUT2D eigenvalue weighted by Gasteiger charge is -2.48. The molecule has 2 atom stereocenters. The summed E-state index contributed by atoms with van der Waals surface area (Å²) in [5.41, 5.74) is 6.29. The summed E-state index contributed by atoms with van der Waals surface area (Å²) in [6.07, 6.45) is 7.88. The lowest BCUT2D eigenvalue weighted by atomic mass is 9.82. The normalized spacial score (nSPS) is 22.3. The molecule has 2 fully saturated rings. The van der Waals surface area contributed by atoms with E-state index >= 15 is 0 Å². The highest BCUT2D eigenvalue weighted by atomic mass is 35.5. The van der Waals surface area contributed by atoms with Gasteiger partial charge in [-0.1, -0.05) is 37.1 Å². The molecule has 1 amide bonds. The third kappa shape index (κ3) is 5.61. The number of aromatic nitrogens is 3. The fraction of sp³-hybridized carbons (Fsp3) is 0.486. The number of hydrogen-bond acceptors (Lipinski definition) is 7. The van der Waals surface area contributed by atoms with Gasteiger partial charge in [0, 0.05) is 45.6 Å². The van der Waals surface area contributed by atoms with Gasteiger partial charge in [0.05, 0.1) is 23.0 Å². The van der Waals surface area contributed by atoms with Crippen molar-refractivity contribution in [3.8, 4) is 11.3 Å². The number of amides is 1. The van der Waals surface area contributed by atoms with Gasteiger partial charge in [-0.05, 0) is 109 Å². The molecule has 3 N–H and O–H groups in total. The topological polar surface area (TPSA) is 98.6 Å². The molecule has 1 unspecified atom stereocenters. The van der Waals surface area contributed by atoms with Crippen molar-refractivity contribution < 1.29 is 9.90 Å². The molecule has 2 aromatic heterocycles. The van der Waals surface area contributed by atoms with E-state index in [0.29, 0.717) is 22.4 Å². The van der Waals surface area contributed by atoms with E-state index in [1.165, 1.54) is 32.4 Å². The minimum Gasteiger partial charge on any atom is -0.374 e. The van der Waals surface area contributed by atoms with Crippen molar-refractivity contribution in [2.24, 2.45) is 0 Å². The molecule has 1 aliphatic carbocycles. The maximum absolute atomic E-state index is 13.9. The van der Waals surface area contributed by atoms with Crippen LogP contribution >= 0.6 is 11.6 Å². The summed E-state index contributed by atoms with van der Waals surface area (Å²) in [5, 5.41) is 17.3. The Kier molecular flexibility index (Phi) is 8.53. The predicted molar refractivity (Wildman–Crippen MR) is 189 cm³/mol. The molecule has 9 nitrogen and oxygen atoms in total. The van der Waals surface area contributed by atoms with Crippen molar-refractivity contribution >= 4 is 45.7 Å². The Morgan fingerprint density at radius 3 is 2.55 bits per heavy atom. The fourth-order valence-corrected chi connectivity index (χ4v) is 7.83. The molecule has 2 aliphatic heterocycles. The minimum absolute atomic E-state index is 0.187. The Morgan fingerprint density at radius 1 is 1.06 bits per heavy atom. The average molecular weight is 656 g/mol. The van der Waals surface area contributed by atoms with Gasteiger partial charge >= 0.3 is 0 Å². The van der Waals surface area contributed by atoms with E-state index in [2.05, 4.69) is 57.0 Å². The Bertz CT molecular complexity index is 1810. The van der Waals surface area contributed by atoms with E-state index in [1.54, 1.807) is 13.1 Å². The average Bonchev–Trinajstić information content (AvgIpc) is 3.58. The van der Waals surface area contributed by atoms with E-state index in [0.717, 1.165) is 58.5 Å². The summed E-state index contributed by atoms with van der Waals surface area (Å²) in [4.78, 5) is 28.7. The number of imidazole rings is 1. The molecule has 1 saturated carbocycles. The molecule has 0 spiro atoms. The second-order valence-corrected chi connectivity index (χ2v) is 14.5. The van der Waals surface area contributed by atoms with E-state index in [-0.39, 0.29) is 18.0 Å². The number of anilines is 3. The molecule has 47 heavy (non-hydrogen) atoms. The molecule has 4 aromatic rings. The van der Waals surface area contributed by atoms with Gasteiger partial charge in [0.2, 0.25) is 5.91 Å². The molecule has 4 heterocycles. The molecule has 3 aliphatic rings.